The molecular weight excluding hydrogens is 278 g/mol. The lowest BCUT2D eigenvalue weighted by molar-refractivity contribution is -0.139. The summed E-state index contributed by atoms with van der Waals surface area (Å²) < 4.78 is 1.93. The highest BCUT2D eigenvalue weighted by atomic mass is 16.4. The Morgan fingerprint density at radius 2 is 2.32 bits per heavy atom. The number of allylic oxidation sites excluding steroid dienone is 4. The fourth-order valence-electron chi connectivity index (χ4n) is 3.69. The third-order valence-corrected chi connectivity index (χ3v) is 5.14. The maximum atomic E-state index is 11.5. The third-order valence-electron chi connectivity index (χ3n) is 5.14. The Balaban J connectivity index is 1.74. The van der Waals surface area contributed by atoms with Gasteiger partial charge in [-0.1, -0.05) is 31.2 Å². The summed E-state index contributed by atoms with van der Waals surface area (Å²) in [5.41, 5.74) is -0.113. The summed E-state index contributed by atoms with van der Waals surface area (Å²) in [6, 6.07) is 0. The van der Waals surface area contributed by atoms with Crippen LogP contribution in [0.2, 0.25) is 0 Å². The van der Waals surface area contributed by atoms with Gasteiger partial charge in [0.15, 0.2) is 5.82 Å². The zero-order chi connectivity index (χ0) is 15.7. The molecule has 2 aliphatic rings. The second kappa shape index (κ2) is 5.71. The summed E-state index contributed by atoms with van der Waals surface area (Å²) in [5.74, 6) is 1.22. The van der Waals surface area contributed by atoms with E-state index in [1.807, 2.05) is 30.7 Å². The molecule has 22 heavy (non-hydrogen) atoms. The average Bonchev–Trinajstić information content (AvgIpc) is 3.17. The van der Waals surface area contributed by atoms with Gasteiger partial charge in [0.1, 0.15) is 5.82 Å². The first kappa shape index (κ1) is 15.0. The zero-order valence-electron chi connectivity index (χ0n) is 13.2. The van der Waals surface area contributed by atoms with Gasteiger partial charge in [-0.2, -0.15) is 5.10 Å². The Morgan fingerprint density at radius 1 is 1.50 bits per heavy atom. The minimum atomic E-state index is -0.660. The van der Waals surface area contributed by atoms with Crippen molar-refractivity contribution < 1.29 is 9.90 Å². The number of aromatic nitrogens is 3. The van der Waals surface area contributed by atoms with Gasteiger partial charge < -0.3 is 5.11 Å². The molecule has 0 amide bonds. The molecule has 1 aromatic rings. The molecule has 0 aliphatic heterocycles. The number of hydrogen-bond acceptors (Lipinski definition) is 3. The molecule has 0 aromatic carbocycles. The smallest absolute Gasteiger partial charge is 0.307 e. The van der Waals surface area contributed by atoms with Crippen molar-refractivity contribution in [1.82, 2.24) is 14.8 Å². The van der Waals surface area contributed by atoms with Crippen molar-refractivity contribution >= 4 is 5.97 Å². The highest BCUT2D eigenvalue weighted by Gasteiger charge is 2.61. The van der Waals surface area contributed by atoms with Crippen molar-refractivity contribution in [2.24, 2.45) is 17.3 Å². The Morgan fingerprint density at radius 3 is 2.86 bits per heavy atom. The van der Waals surface area contributed by atoms with Gasteiger partial charge in [-0.05, 0) is 37.5 Å². The minimum absolute atomic E-state index is 0.113. The van der Waals surface area contributed by atoms with E-state index in [2.05, 4.69) is 22.2 Å². The Bertz CT molecular complexity index is 632. The molecule has 5 heteroatoms. The van der Waals surface area contributed by atoms with E-state index in [9.17, 15) is 9.90 Å². The van der Waals surface area contributed by atoms with E-state index in [-0.39, 0.29) is 11.3 Å². The molecule has 1 unspecified atom stereocenters. The molecule has 1 fully saturated rings. The topological polar surface area (TPSA) is 68.0 Å². The van der Waals surface area contributed by atoms with Crippen molar-refractivity contribution in [3.05, 3.63) is 36.0 Å². The van der Waals surface area contributed by atoms with Crippen LogP contribution in [0.5, 0.6) is 0 Å². The molecule has 0 bridgehead atoms. The standard InChI is InChI=1S/C17H23N3O2/c1-3-15-18-12(2)20(19-15)10-9-17(11-14(17)16(21)22)13-7-5-4-6-8-13/h4-7,13-14H,3,8-11H2,1-2H3,(H,21,22)/t13?,14-,17-/m0/s1. The minimum Gasteiger partial charge on any atom is -0.481 e. The lowest BCUT2D eigenvalue weighted by Crippen LogP contribution is -2.23. The molecule has 0 radical (unpaired) electrons. The van der Waals surface area contributed by atoms with E-state index < -0.39 is 5.97 Å². The van der Waals surface area contributed by atoms with Gasteiger partial charge in [-0.15, -0.1) is 0 Å². The van der Waals surface area contributed by atoms with E-state index >= 15 is 0 Å². The van der Waals surface area contributed by atoms with Gasteiger partial charge in [0.25, 0.3) is 0 Å². The summed E-state index contributed by atoms with van der Waals surface area (Å²) >= 11 is 0. The molecule has 0 spiro atoms. The van der Waals surface area contributed by atoms with E-state index in [0.717, 1.165) is 43.9 Å². The number of rotatable bonds is 6. The van der Waals surface area contributed by atoms with Crippen LogP contribution in [-0.4, -0.2) is 25.8 Å². The second-order valence-corrected chi connectivity index (χ2v) is 6.39. The SMILES string of the molecule is CCc1nc(C)n(CC[C@@]2(C3C=CC=CC3)C[C@H]2C(=O)O)n1. The average molecular weight is 301 g/mol. The second-order valence-electron chi connectivity index (χ2n) is 6.39. The molecule has 5 nitrogen and oxygen atoms in total. The molecule has 1 aromatic heterocycles. The number of carboxylic acids is 1. The van der Waals surface area contributed by atoms with Gasteiger partial charge in [0.2, 0.25) is 0 Å². The molecule has 1 saturated carbocycles. The van der Waals surface area contributed by atoms with Crippen molar-refractivity contribution in [2.45, 2.75) is 46.1 Å². The van der Waals surface area contributed by atoms with Crippen molar-refractivity contribution in [2.75, 3.05) is 0 Å². The maximum absolute atomic E-state index is 11.5. The number of aryl methyl sites for hydroxylation is 3. The summed E-state index contributed by atoms with van der Waals surface area (Å²) in [4.78, 5) is 15.9. The normalized spacial score (nSPS) is 29.7. The largest absolute Gasteiger partial charge is 0.481 e. The summed E-state index contributed by atoms with van der Waals surface area (Å²) in [6.45, 7) is 4.75. The first-order valence-electron chi connectivity index (χ1n) is 8.03. The number of aliphatic carboxylic acids is 1. The molecule has 0 saturated heterocycles. The highest BCUT2D eigenvalue weighted by molar-refractivity contribution is 5.75. The summed E-state index contributed by atoms with van der Waals surface area (Å²) in [6.07, 6.45) is 11.8. The monoisotopic (exact) mass is 301 g/mol. The van der Waals surface area contributed by atoms with Crippen LogP contribution in [0.4, 0.5) is 0 Å². The molecule has 3 rings (SSSR count). The molecule has 3 atom stereocenters. The van der Waals surface area contributed by atoms with Crippen LogP contribution in [0, 0.1) is 24.2 Å². The van der Waals surface area contributed by atoms with Crippen LogP contribution in [0.3, 0.4) is 0 Å². The first-order chi connectivity index (χ1) is 10.6. The Kier molecular flexibility index (Phi) is 3.89. The number of hydrogen-bond donors (Lipinski definition) is 1. The van der Waals surface area contributed by atoms with Gasteiger partial charge in [-0.25, -0.2) is 4.98 Å². The summed E-state index contributed by atoms with van der Waals surface area (Å²) in [7, 11) is 0. The Labute approximate surface area is 130 Å². The predicted molar refractivity (Wildman–Crippen MR) is 83.3 cm³/mol. The van der Waals surface area contributed by atoms with Crippen LogP contribution in [-0.2, 0) is 17.8 Å². The van der Waals surface area contributed by atoms with Crippen LogP contribution in [0.25, 0.3) is 0 Å². The van der Waals surface area contributed by atoms with Gasteiger partial charge in [0, 0.05) is 13.0 Å². The van der Waals surface area contributed by atoms with Crippen molar-refractivity contribution in [3.8, 4) is 0 Å². The number of carbonyl (C=O) groups is 1. The lowest BCUT2D eigenvalue weighted by Gasteiger charge is -2.26. The molecule has 118 valence electrons. The number of carboxylic acid groups (broad SMARTS) is 1. The predicted octanol–water partition coefficient (Wildman–Crippen LogP) is 2.76. The van der Waals surface area contributed by atoms with Crippen molar-refractivity contribution in [1.29, 1.82) is 0 Å². The summed E-state index contributed by atoms with van der Waals surface area (Å²) in [5, 5.41) is 13.9. The van der Waals surface area contributed by atoms with Crippen LogP contribution >= 0.6 is 0 Å². The van der Waals surface area contributed by atoms with E-state index in [0.29, 0.717) is 5.92 Å². The van der Waals surface area contributed by atoms with Crippen LogP contribution in [0.1, 0.15) is 37.8 Å². The first-order valence-corrected chi connectivity index (χ1v) is 8.03. The van der Waals surface area contributed by atoms with E-state index in [1.54, 1.807) is 0 Å². The van der Waals surface area contributed by atoms with Gasteiger partial charge in [0.05, 0.1) is 5.92 Å². The highest BCUT2D eigenvalue weighted by Crippen LogP contribution is 2.62. The Hall–Kier alpha value is -1.91. The third kappa shape index (κ3) is 2.60. The quantitative estimate of drug-likeness (QED) is 0.877. The van der Waals surface area contributed by atoms with Crippen LogP contribution in [0.15, 0.2) is 24.3 Å². The van der Waals surface area contributed by atoms with Gasteiger partial charge >= 0.3 is 5.97 Å². The zero-order valence-corrected chi connectivity index (χ0v) is 13.2. The van der Waals surface area contributed by atoms with E-state index in [4.69, 9.17) is 0 Å². The molecule has 1 N–H and O–H groups in total. The maximum Gasteiger partial charge on any atom is 0.307 e. The fraction of sp³-hybridized carbons (Fsp3) is 0.588. The van der Waals surface area contributed by atoms with E-state index in [1.165, 1.54) is 0 Å². The fourth-order valence-corrected chi connectivity index (χ4v) is 3.69. The molecular formula is C17H23N3O2. The van der Waals surface area contributed by atoms with Crippen molar-refractivity contribution in [3.63, 3.8) is 0 Å². The van der Waals surface area contributed by atoms with Crippen LogP contribution < -0.4 is 0 Å². The molecule has 1 heterocycles. The van der Waals surface area contributed by atoms with Gasteiger partial charge in [-0.3, -0.25) is 9.48 Å². The number of nitrogens with zero attached hydrogens (tertiary/aromatic N) is 3. The lowest BCUT2D eigenvalue weighted by atomic mass is 9.80. The molecule has 2 aliphatic carbocycles.